The lowest BCUT2D eigenvalue weighted by Gasteiger charge is -2.22. The maximum absolute atomic E-state index is 12.5. The van der Waals surface area contributed by atoms with E-state index in [0.29, 0.717) is 12.8 Å². The largest absolute Gasteiger partial charge is 0.481 e. The molecule has 28 heavy (non-hydrogen) atoms. The Bertz CT molecular complexity index is 845. The summed E-state index contributed by atoms with van der Waals surface area (Å²) in [6, 6.07) is 7.26. The van der Waals surface area contributed by atoms with Crippen LogP contribution in [0, 0.1) is 13.8 Å². The lowest BCUT2D eigenvalue weighted by molar-refractivity contribution is -0.137. The van der Waals surface area contributed by atoms with Crippen molar-refractivity contribution in [2.75, 3.05) is 0 Å². The number of aliphatic carboxylic acids is 1. The van der Waals surface area contributed by atoms with Crippen LogP contribution in [0.5, 0.6) is 0 Å². The van der Waals surface area contributed by atoms with Crippen LogP contribution in [-0.4, -0.2) is 26.8 Å². The summed E-state index contributed by atoms with van der Waals surface area (Å²) in [5.74, 6) is -1.10. The van der Waals surface area contributed by atoms with Gasteiger partial charge < -0.3 is 10.4 Å². The third-order valence-electron chi connectivity index (χ3n) is 5.15. The van der Waals surface area contributed by atoms with Crippen molar-refractivity contribution in [2.45, 2.75) is 65.3 Å². The first-order chi connectivity index (χ1) is 13.0. The van der Waals surface area contributed by atoms with Gasteiger partial charge in [-0.2, -0.15) is 5.10 Å². The Kier molecular flexibility index (Phi) is 6.65. The van der Waals surface area contributed by atoms with E-state index in [4.69, 9.17) is 0 Å². The molecule has 0 saturated carbocycles. The van der Waals surface area contributed by atoms with Gasteiger partial charge in [-0.05, 0) is 42.4 Å². The van der Waals surface area contributed by atoms with E-state index < -0.39 is 12.0 Å². The molecule has 6 nitrogen and oxygen atoms in total. The fraction of sp³-hybridized carbons (Fsp3) is 0.500. The summed E-state index contributed by atoms with van der Waals surface area (Å²) in [6.45, 7) is 10.3. The van der Waals surface area contributed by atoms with Gasteiger partial charge in [-0.1, -0.05) is 45.0 Å². The molecular formula is C22H31N3O3. The highest BCUT2D eigenvalue weighted by molar-refractivity contribution is 5.78. The van der Waals surface area contributed by atoms with E-state index >= 15 is 0 Å². The quantitative estimate of drug-likeness (QED) is 0.763. The molecule has 1 heterocycles. The Morgan fingerprint density at radius 1 is 1.18 bits per heavy atom. The average Bonchev–Trinajstić information content (AvgIpc) is 2.83. The Morgan fingerprint density at radius 2 is 1.79 bits per heavy atom. The number of carbonyl (C=O) groups is 2. The first-order valence-corrected chi connectivity index (χ1v) is 9.59. The van der Waals surface area contributed by atoms with Gasteiger partial charge in [0.2, 0.25) is 5.91 Å². The highest BCUT2D eigenvalue weighted by atomic mass is 16.4. The molecule has 152 valence electrons. The molecule has 0 aliphatic heterocycles. The first-order valence-electron chi connectivity index (χ1n) is 9.59. The minimum atomic E-state index is -0.941. The van der Waals surface area contributed by atoms with Crippen molar-refractivity contribution >= 4 is 11.9 Å². The van der Waals surface area contributed by atoms with Gasteiger partial charge in [0.1, 0.15) is 0 Å². The van der Waals surface area contributed by atoms with Crippen LogP contribution < -0.4 is 5.32 Å². The van der Waals surface area contributed by atoms with Crippen LogP contribution in [0.15, 0.2) is 24.3 Å². The molecule has 1 amide bonds. The number of hydrogen-bond donors (Lipinski definition) is 2. The SMILES string of the molecule is Cc1nn(C)c(C)c1CCC(=O)NC(CC(=O)O)c1ccc(C(C)(C)C)cc1. The van der Waals surface area contributed by atoms with Crippen LogP contribution >= 0.6 is 0 Å². The Hall–Kier alpha value is -2.63. The molecule has 0 spiro atoms. The molecular weight excluding hydrogens is 354 g/mol. The molecule has 1 aromatic carbocycles. The van der Waals surface area contributed by atoms with E-state index in [9.17, 15) is 14.7 Å². The van der Waals surface area contributed by atoms with Gasteiger partial charge in [0.25, 0.3) is 0 Å². The van der Waals surface area contributed by atoms with E-state index in [1.807, 2.05) is 49.8 Å². The number of carbonyl (C=O) groups excluding carboxylic acids is 1. The van der Waals surface area contributed by atoms with E-state index in [2.05, 4.69) is 31.2 Å². The lowest BCUT2D eigenvalue weighted by atomic mass is 9.86. The molecule has 0 aliphatic carbocycles. The van der Waals surface area contributed by atoms with Crippen molar-refractivity contribution in [3.63, 3.8) is 0 Å². The third kappa shape index (κ3) is 5.44. The molecule has 6 heteroatoms. The summed E-state index contributed by atoms with van der Waals surface area (Å²) in [6.07, 6.45) is 0.731. The maximum Gasteiger partial charge on any atom is 0.305 e. The third-order valence-corrected chi connectivity index (χ3v) is 5.15. The molecule has 0 bridgehead atoms. The summed E-state index contributed by atoms with van der Waals surface area (Å²) in [4.78, 5) is 23.8. The second-order valence-corrected chi connectivity index (χ2v) is 8.36. The van der Waals surface area contributed by atoms with E-state index in [1.165, 1.54) is 5.56 Å². The molecule has 2 N–H and O–H groups in total. The minimum Gasteiger partial charge on any atom is -0.481 e. The zero-order chi connectivity index (χ0) is 21.1. The summed E-state index contributed by atoms with van der Waals surface area (Å²) < 4.78 is 1.81. The summed E-state index contributed by atoms with van der Waals surface area (Å²) >= 11 is 0. The van der Waals surface area contributed by atoms with Gasteiger partial charge in [-0.3, -0.25) is 14.3 Å². The maximum atomic E-state index is 12.5. The monoisotopic (exact) mass is 385 g/mol. The van der Waals surface area contributed by atoms with Gasteiger partial charge in [0.15, 0.2) is 0 Å². The standard InChI is InChI=1S/C22H31N3O3/c1-14-18(15(2)25(6)24-14)11-12-20(26)23-19(13-21(27)28)16-7-9-17(10-8-16)22(3,4)5/h7-10,19H,11-13H2,1-6H3,(H,23,26)(H,27,28). The number of aromatic nitrogens is 2. The van der Waals surface area contributed by atoms with E-state index in [1.54, 1.807) is 0 Å². The van der Waals surface area contributed by atoms with Gasteiger partial charge in [-0.25, -0.2) is 0 Å². The molecule has 0 fully saturated rings. The summed E-state index contributed by atoms with van der Waals surface area (Å²) in [5.41, 5.74) is 5.03. The van der Waals surface area contributed by atoms with E-state index in [0.717, 1.165) is 22.5 Å². The predicted octanol–water partition coefficient (Wildman–Crippen LogP) is 3.60. The molecule has 1 atom stereocenters. The first kappa shape index (κ1) is 21.7. The molecule has 1 unspecified atom stereocenters. The van der Waals surface area contributed by atoms with Crippen molar-refractivity contribution in [1.29, 1.82) is 0 Å². The van der Waals surface area contributed by atoms with Crippen LogP contribution in [0.3, 0.4) is 0 Å². The fourth-order valence-electron chi connectivity index (χ4n) is 3.33. The van der Waals surface area contributed by atoms with E-state index in [-0.39, 0.29) is 17.7 Å². The number of rotatable bonds is 7. The zero-order valence-corrected chi connectivity index (χ0v) is 17.7. The number of aryl methyl sites for hydroxylation is 2. The number of nitrogens with zero attached hydrogens (tertiary/aromatic N) is 2. The van der Waals surface area contributed by atoms with Crippen LogP contribution in [0.4, 0.5) is 0 Å². The molecule has 2 aromatic rings. The van der Waals surface area contributed by atoms with Gasteiger partial charge in [-0.15, -0.1) is 0 Å². The Balaban J connectivity index is 2.09. The average molecular weight is 386 g/mol. The highest BCUT2D eigenvalue weighted by Gasteiger charge is 2.20. The van der Waals surface area contributed by atoms with Crippen molar-refractivity contribution in [2.24, 2.45) is 7.05 Å². The van der Waals surface area contributed by atoms with Crippen molar-refractivity contribution < 1.29 is 14.7 Å². The van der Waals surface area contributed by atoms with Crippen LogP contribution in [0.2, 0.25) is 0 Å². The molecule has 0 radical (unpaired) electrons. The van der Waals surface area contributed by atoms with Gasteiger partial charge >= 0.3 is 5.97 Å². The number of hydrogen-bond acceptors (Lipinski definition) is 3. The second-order valence-electron chi connectivity index (χ2n) is 8.36. The van der Waals surface area contributed by atoms with Crippen LogP contribution in [-0.2, 0) is 28.5 Å². The summed E-state index contributed by atoms with van der Waals surface area (Å²) in [5, 5.41) is 16.5. The number of carboxylic acid groups (broad SMARTS) is 1. The Labute approximate surface area is 167 Å². The van der Waals surface area contributed by atoms with Crippen LogP contribution in [0.25, 0.3) is 0 Å². The normalized spacial score (nSPS) is 12.6. The number of benzene rings is 1. The zero-order valence-electron chi connectivity index (χ0n) is 17.7. The number of nitrogens with one attached hydrogen (secondary N) is 1. The molecule has 0 saturated heterocycles. The van der Waals surface area contributed by atoms with Gasteiger partial charge in [0.05, 0.1) is 18.2 Å². The molecule has 0 aliphatic rings. The molecule has 1 aromatic heterocycles. The summed E-state index contributed by atoms with van der Waals surface area (Å²) in [7, 11) is 1.88. The van der Waals surface area contributed by atoms with Crippen molar-refractivity contribution in [3.05, 3.63) is 52.3 Å². The minimum absolute atomic E-state index is 0.0174. The smallest absolute Gasteiger partial charge is 0.305 e. The Morgan fingerprint density at radius 3 is 2.25 bits per heavy atom. The van der Waals surface area contributed by atoms with Crippen LogP contribution in [0.1, 0.15) is 67.7 Å². The van der Waals surface area contributed by atoms with Gasteiger partial charge in [0, 0.05) is 19.2 Å². The van der Waals surface area contributed by atoms with Crippen molar-refractivity contribution in [1.82, 2.24) is 15.1 Å². The highest BCUT2D eigenvalue weighted by Crippen LogP contribution is 2.25. The number of amides is 1. The lowest BCUT2D eigenvalue weighted by Crippen LogP contribution is -2.30. The molecule has 2 rings (SSSR count). The second kappa shape index (κ2) is 8.59. The fourth-order valence-corrected chi connectivity index (χ4v) is 3.33. The number of carboxylic acids is 1. The topological polar surface area (TPSA) is 84.2 Å². The predicted molar refractivity (Wildman–Crippen MR) is 109 cm³/mol. The van der Waals surface area contributed by atoms with Crippen molar-refractivity contribution in [3.8, 4) is 0 Å².